The predicted molar refractivity (Wildman–Crippen MR) is 95.8 cm³/mol. The molecule has 0 radical (unpaired) electrons. The van der Waals surface area contributed by atoms with E-state index in [0.717, 1.165) is 5.56 Å². The molecule has 1 aromatic heterocycles. The molecule has 1 amide bonds. The van der Waals surface area contributed by atoms with Crippen LogP contribution in [-0.4, -0.2) is 18.0 Å². The van der Waals surface area contributed by atoms with E-state index in [2.05, 4.69) is 21.2 Å². The number of carbonyl (C=O) groups is 2. The van der Waals surface area contributed by atoms with Crippen LogP contribution in [-0.2, 0) is 14.3 Å². The van der Waals surface area contributed by atoms with Crippen molar-refractivity contribution in [1.29, 1.82) is 0 Å². The molecule has 0 fully saturated rings. The molecule has 2 rings (SSSR count). The van der Waals surface area contributed by atoms with Crippen LogP contribution in [0.3, 0.4) is 0 Å². The van der Waals surface area contributed by atoms with E-state index in [4.69, 9.17) is 20.8 Å². The second-order valence-electron chi connectivity index (χ2n) is 5.00. The summed E-state index contributed by atoms with van der Waals surface area (Å²) < 4.78 is 10.8. The molecule has 1 heterocycles. The van der Waals surface area contributed by atoms with E-state index in [1.54, 1.807) is 30.3 Å². The molecule has 126 valence electrons. The van der Waals surface area contributed by atoms with Crippen molar-refractivity contribution < 1.29 is 18.7 Å². The van der Waals surface area contributed by atoms with Gasteiger partial charge in [0.2, 0.25) is 0 Å². The van der Waals surface area contributed by atoms with Crippen molar-refractivity contribution >= 4 is 51.2 Å². The van der Waals surface area contributed by atoms with Gasteiger partial charge in [0.05, 0.1) is 0 Å². The van der Waals surface area contributed by atoms with Crippen molar-refractivity contribution in [3.63, 3.8) is 0 Å². The summed E-state index contributed by atoms with van der Waals surface area (Å²) in [6, 6.07) is 8.55. The van der Waals surface area contributed by atoms with Crippen LogP contribution in [0.4, 0.5) is 5.69 Å². The maximum atomic E-state index is 12.1. The Balaban J connectivity index is 1.92. The molecule has 0 bridgehead atoms. The lowest BCUT2D eigenvalue weighted by molar-refractivity contribution is -0.148. The van der Waals surface area contributed by atoms with Crippen LogP contribution in [0.2, 0.25) is 5.02 Å². The van der Waals surface area contributed by atoms with Gasteiger partial charge in [0.25, 0.3) is 5.91 Å². The Labute approximate surface area is 152 Å². The average Bonchev–Trinajstić information content (AvgIpc) is 2.94. The van der Waals surface area contributed by atoms with Crippen molar-refractivity contribution in [3.05, 3.63) is 57.4 Å². The quantitative estimate of drug-likeness (QED) is 0.576. The summed E-state index contributed by atoms with van der Waals surface area (Å²) in [7, 11) is 0. The zero-order valence-electron chi connectivity index (χ0n) is 13.0. The Morgan fingerprint density at radius 1 is 1.33 bits per heavy atom. The van der Waals surface area contributed by atoms with E-state index in [0.29, 0.717) is 21.1 Å². The van der Waals surface area contributed by atoms with E-state index < -0.39 is 18.0 Å². The zero-order chi connectivity index (χ0) is 17.7. The number of aryl methyl sites for hydroxylation is 1. The van der Waals surface area contributed by atoms with Gasteiger partial charge in [0, 0.05) is 16.8 Å². The predicted octanol–water partition coefficient (Wildman–Crippen LogP) is 4.59. The molecule has 0 aliphatic heterocycles. The van der Waals surface area contributed by atoms with Gasteiger partial charge in [0.15, 0.2) is 10.8 Å². The van der Waals surface area contributed by atoms with Gasteiger partial charge in [0.1, 0.15) is 5.76 Å². The summed E-state index contributed by atoms with van der Waals surface area (Å²) in [4.78, 5) is 23.9. The normalized spacial score (nSPS) is 12.2. The minimum Gasteiger partial charge on any atom is -0.450 e. The van der Waals surface area contributed by atoms with Crippen molar-refractivity contribution in [2.75, 3.05) is 5.32 Å². The van der Waals surface area contributed by atoms with Gasteiger partial charge in [-0.15, -0.1) is 0 Å². The molecule has 24 heavy (non-hydrogen) atoms. The lowest BCUT2D eigenvalue weighted by atomic mass is 10.2. The SMILES string of the molecule is Cc1ccc(Cl)cc1NC(=O)C(C)OC(=O)/C=C/c1ccc(Br)o1. The number of hydrogen-bond donors (Lipinski definition) is 1. The maximum Gasteiger partial charge on any atom is 0.331 e. The Morgan fingerprint density at radius 3 is 2.75 bits per heavy atom. The van der Waals surface area contributed by atoms with Crippen LogP contribution in [0, 0.1) is 6.92 Å². The first-order valence-electron chi connectivity index (χ1n) is 7.06. The highest BCUT2D eigenvalue weighted by Crippen LogP contribution is 2.20. The monoisotopic (exact) mass is 411 g/mol. The van der Waals surface area contributed by atoms with Crippen molar-refractivity contribution in [1.82, 2.24) is 0 Å². The summed E-state index contributed by atoms with van der Waals surface area (Å²) in [5.41, 5.74) is 1.43. The maximum absolute atomic E-state index is 12.1. The molecule has 7 heteroatoms. The highest BCUT2D eigenvalue weighted by molar-refractivity contribution is 9.10. The van der Waals surface area contributed by atoms with Crippen LogP contribution >= 0.6 is 27.5 Å². The minimum atomic E-state index is -0.955. The third kappa shape index (κ3) is 5.25. The molecule has 0 aliphatic carbocycles. The molecule has 2 aromatic rings. The molecule has 1 atom stereocenters. The molecule has 0 saturated heterocycles. The number of amides is 1. The summed E-state index contributed by atoms with van der Waals surface area (Å²) in [6.07, 6.45) is 1.70. The number of rotatable bonds is 5. The first-order chi connectivity index (χ1) is 11.3. The summed E-state index contributed by atoms with van der Waals surface area (Å²) in [5, 5.41) is 3.19. The number of halogens is 2. The van der Waals surface area contributed by atoms with Crippen LogP contribution in [0.25, 0.3) is 6.08 Å². The average molecular weight is 413 g/mol. The Bertz CT molecular complexity index is 785. The fourth-order valence-electron chi connectivity index (χ4n) is 1.80. The number of nitrogens with one attached hydrogen (secondary N) is 1. The summed E-state index contributed by atoms with van der Waals surface area (Å²) in [6.45, 7) is 3.33. The number of esters is 1. The number of carbonyl (C=O) groups excluding carboxylic acids is 2. The van der Waals surface area contributed by atoms with Gasteiger partial charge < -0.3 is 14.5 Å². The van der Waals surface area contributed by atoms with Crippen LogP contribution in [0.15, 0.2) is 45.5 Å². The van der Waals surface area contributed by atoms with E-state index in [1.165, 1.54) is 19.1 Å². The Morgan fingerprint density at radius 2 is 2.08 bits per heavy atom. The second kappa shape index (κ2) is 8.17. The lowest BCUT2D eigenvalue weighted by Crippen LogP contribution is -2.29. The third-order valence-electron chi connectivity index (χ3n) is 3.10. The molecular formula is C17H15BrClNO4. The summed E-state index contributed by atoms with van der Waals surface area (Å²) >= 11 is 9.07. The standard InChI is InChI=1S/C17H15BrClNO4/c1-10-3-4-12(19)9-14(10)20-17(22)11(2)23-16(21)8-6-13-5-7-15(18)24-13/h3-9,11H,1-2H3,(H,20,22)/b8-6+. The van der Waals surface area contributed by atoms with Crippen LogP contribution in [0.1, 0.15) is 18.2 Å². The van der Waals surface area contributed by atoms with E-state index in [9.17, 15) is 9.59 Å². The number of hydrogen-bond acceptors (Lipinski definition) is 4. The molecule has 1 unspecified atom stereocenters. The fraction of sp³-hybridized carbons (Fsp3) is 0.176. The molecule has 5 nitrogen and oxygen atoms in total. The molecule has 1 N–H and O–H groups in total. The molecule has 0 saturated carbocycles. The first kappa shape index (κ1) is 18.3. The van der Waals surface area contributed by atoms with Gasteiger partial charge in [-0.1, -0.05) is 17.7 Å². The number of furan rings is 1. The summed E-state index contributed by atoms with van der Waals surface area (Å²) in [5.74, 6) is -0.596. The topological polar surface area (TPSA) is 68.5 Å². The largest absolute Gasteiger partial charge is 0.450 e. The number of anilines is 1. The third-order valence-corrected chi connectivity index (χ3v) is 3.76. The van der Waals surface area contributed by atoms with Gasteiger partial charge in [-0.3, -0.25) is 4.79 Å². The van der Waals surface area contributed by atoms with Crippen LogP contribution < -0.4 is 5.32 Å². The molecular weight excluding hydrogens is 398 g/mol. The van der Waals surface area contributed by atoms with E-state index in [1.807, 2.05) is 6.92 Å². The van der Waals surface area contributed by atoms with Crippen LogP contribution in [0.5, 0.6) is 0 Å². The molecule has 0 aliphatic rings. The Hall–Kier alpha value is -2.05. The highest BCUT2D eigenvalue weighted by Gasteiger charge is 2.17. The number of ether oxygens (including phenoxy) is 1. The molecule has 1 aromatic carbocycles. The number of benzene rings is 1. The fourth-order valence-corrected chi connectivity index (χ4v) is 2.29. The molecule has 0 spiro atoms. The van der Waals surface area contributed by atoms with Gasteiger partial charge in [-0.25, -0.2) is 4.79 Å². The Kier molecular flexibility index (Phi) is 6.23. The minimum absolute atomic E-state index is 0.442. The van der Waals surface area contributed by atoms with Crippen molar-refractivity contribution in [3.8, 4) is 0 Å². The van der Waals surface area contributed by atoms with Gasteiger partial charge in [-0.05, 0) is 65.7 Å². The second-order valence-corrected chi connectivity index (χ2v) is 6.22. The first-order valence-corrected chi connectivity index (χ1v) is 8.23. The van der Waals surface area contributed by atoms with Crippen molar-refractivity contribution in [2.24, 2.45) is 0 Å². The van der Waals surface area contributed by atoms with E-state index >= 15 is 0 Å². The zero-order valence-corrected chi connectivity index (χ0v) is 15.3. The van der Waals surface area contributed by atoms with E-state index in [-0.39, 0.29) is 0 Å². The van der Waals surface area contributed by atoms with Crippen molar-refractivity contribution in [2.45, 2.75) is 20.0 Å². The highest BCUT2D eigenvalue weighted by atomic mass is 79.9. The smallest absolute Gasteiger partial charge is 0.331 e. The van der Waals surface area contributed by atoms with Gasteiger partial charge >= 0.3 is 5.97 Å². The lowest BCUT2D eigenvalue weighted by Gasteiger charge is -2.14. The van der Waals surface area contributed by atoms with Gasteiger partial charge in [-0.2, -0.15) is 0 Å².